The normalized spacial score (nSPS) is 19.3. The van der Waals surface area contributed by atoms with Crippen LogP contribution in [0.25, 0.3) is 5.57 Å². The third-order valence-electron chi connectivity index (χ3n) is 9.58. The number of halogens is 1. The van der Waals surface area contributed by atoms with Crippen molar-refractivity contribution >= 4 is 11.5 Å². The fourth-order valence-corrected chi connectivity index (χ4v) is 6.42. The van der Waals surface area contributed by atoms with E-state index in [9.17, 15) is 9.18 Å². The van der Waals surface area contributed by atoms with E-state index in [1.165, 1.54) is 63.5 Å². The van der Waals surface area contributed by atoms with E-state index in [1.54, 1.807) is 36.4 Å². The summed E-state index contributed by atoms with van der Waals surface area (Å²) in [5, 5.41) is 0. The van der Waals surface area contributed by atoms with Crippen molar-refractivity contribution in [2.75, 3.05) is 19.8 Å². The van der Waals surface area contributed by atoms with Gasteiger partial charge < -0.3 is 23.7 Å². The van der Waals surface area contributed by atoms with Crippen LogP contribution in [0.4, 0.5) is 4.39 Å². The highest BCUT2D eigenvalue weighted by Gasteiger charge is 2.37. The molecule has 1 fully saturated rings. The summed E-state index contributed by atoms with van der Waals surface area (Å²) in [6.07, 6.45) is 21.6. The summed E-state index contributed by atoms with van der Waals surface area (Å²) in [5.74, 6) is -1.39. The SMILES string of the molecule is CCCCCCCCCCC(OCC1(C)COC1)Oc1ccc(C(=O)O[C@@]2(OC(C)CCCCCC)C=CC(c3cccc(F)c3)=CC2)cc1. The maximum absolute atomic E-state index is 13.9. The number of benzene rings is 2. The molecular formula is C43H61FO6. The molecule has 2 aliphatic rings. The van der Waals surface area contributed by atoms with E-state index >= 15 is 0 Å². The van der Waals surface area contributed by atoms with Crippen LogP contribution in [0.1, 0.15) is 140 Å². The molecule has 4 rings (SSSR count). The van der Waals surface area contributed by atoms with Gasteiger partial charge in [-0.05, 0) is 73.4 Å². The fourth-order valence-electron chi connectivity index (χ4n) is 6.42. The van der Waals surface area contributed by atoms with E-state index in [0.717, 1.165) is 49.7 Å². The maximum Gasteiger partial charge on any atom is 0.340 e. The Morgan fingerprint density at radius 2 is 1.54 bits per heavy atom. The van der Waals surface area contributed by atoms with E-state index in [-0.39, 0.29) is 23.6 Å². The summed E-state index contributed by atoms with van der Waals surface area (Å²) in [7, 11) is 0. The topological polar surface area (TPSA) is 63.2 Å². The molecule has 2 unspecified atom stereocenters. The second-order valence-corrected chi connectivity index (χ2v) is 14.6. The van der Waals surface area contributed by atoms with Gasteiger partial charge in [0.2, 0.25) is 5.79 Å². The molecule has 2 aromatic rings. The molecule has 0 aromatic heterocycles. The number of carbonyl (C=O) groups excluding carboxylic acids is 1. The first kappa shape index (κ1) is 39.8. The van der Waals surface area contributed by atoms with Crippen molar-refractivity contribution in [3.63, 3.8) is 0 Å². The van der Waals surface area contributed by atoms with Crippen LogP contribution in [0.3, 0.4) is 0 Å². The standard InChI is InChI=1S/C43H61FO6/c1-5-7-9-11-12-13-14-16-21-40(47-33-42(4)31-46-32-42)48-39-24-22-36(23-25-39)41(45)50-43(49-34(3)18-15-10-8-6-2)28-26-35(27-29-43)37-19-17-20-38(44)30-37/h17,19-20,22-28,30,34,40H,5-16,18,21,29,31-33H2,1-4H3/t34?,40?,43-/m0/s1. The number of esters is 1. The maximum atomic E-state index is 13.9. The number of allylic oxidation sites excluding steroid dienone is 2. The minimum absolute atomic E-state index is 0.0281. The number of unbranched alkanes of at least 4 members (excludes halogenated alkanes) is 10. The van der Waals surface area contributed by atoms with Gasteiger partial charge in [0.15, 0.2) is 6.29 Å². The van der Waals surface area contributed by atoms with Gasteiger partial charge in [-0.25, -0.2) is 9.18 Å². The zero-order chi connectivity index (χ0) is 35.7. The van der Waals surface area contributed by atoms with Crippen molar-refractivity contribution < 1.29 is 32.9 Å². The van der Waals surface area contributed by atoms with E-state index < -0.39 is 11.8 Å². The summed E-state index contributed by atoms with van der Waals surface area (Å²) < 4.78 is 44.6. The molecule has 0 saturated carbocycles. The summed E-state index contributed by atoms with van der Waals surface area (Å²) in [5.41, 5.74) is 2.06. The fraction of sp³-hybridized carbons (Fsp3) is 0.605. The molecule has 1 saturated heterocycles. The van der Waals surface area contributed by atoms with Crippen molar-refractivity contribution in [3.05, 3.63) is 83.7 Å². The third kappa shape index (κ3) is 13.3. The monoisotopic (exact) mass is 692 g/mol. The van der Waals surface area contributed by atoms with E-state index in [4.69, 9.17) is 23.7 Å². The Balaban J connectivity index is 1.37. The van der Waals surface area contributed by atoms with Gasteiger partial charge in [0, 0.05) is 18.3 Å². The van der Waals surface area contributed by atoms with Gasteiger partial charge in [-0.15, -0.1) is 0 Å². The molecule has 50 heavy (non-hydrogen) atoms. The van der Waals surface area contributed by atoms with E-state index in [2.05, 4.69) is 20.8 Å². The first-order chi connectivity index (χ1) is 24.2. The second-order valence-electron chi connectivity index (χ2n) is 14.6. The third-order valence-corrected chi connectivity index (χ3v) is 9.58. The molecule has 2 aromatic carbocycles. The van der Waals surface area contributed by atoms with Crippen LogP contribution in [-0.4, -0.2) is 44.0 Å². The summed E-state index contributed by atoms with van der Waals surface area (Å²) in [6, 6.07) is 13.6. The van der Waals surface area contributed by atoms with Crippen molar-refractivity contribution in [1.82, 2.24) is 0 Å². The van der Waals surface area contributed by atoms with Crippen molar-refractivity contribution in [1.29, 1.82) is 0 Å². The summed E-state index contributed by atoms with van der Waals surface area (Å²) in [4.78, 5) is 13.6. The molecular weight excluding hydrogens is 631 g/mol. The molecule has 0 N–H and O–H groups in total. The lowest BCUT2D eigenvalue weighted by molar-refractivity contribution is -0.193. The Kier molecular flexibility index (Phi) is 16.5. The predicted molar refractivity (Wildman–Crippen MR) is 199 cm³/mol. The number of hydrogen-bond acceptors (Lipinski definition) is 6. The van der Waals surface area contributed by atoms with E-state index in [0.29, 0.717) is 37.6 Å². The Morgan fingerprint density at radius 3 is 2.16 bits per heavy atom. The number of rotatable bonds is 24. The van der Waals surface area contributed by atoms with Gasteiger partial charge >= 0.3 is 5.97 Å². The average Bonchev–Trinajstić information content (AvgIpc) is 3.10. The highest BCUT2D eigenvalue weighted by Crippen LogP contribution is 2.34. The molecule has 1 aliphatic carbocycles. The molecule has 0 spiro atoms. The van der Waals surface area contributed by atoms with Gasteiger partial charge in [-0.2, -0.15) is 0 Å². The van der Waals surface area contributed by atoms with Gasteiger partial charge in [0.1, 0.15) is 11.6 Å². The smallest absolute Gasteiger partial charge is 0.340 e. The molecule has 0 radical (unpaired) electrons. The van der Waals surface area contributed by atoms with Crippen LogP contribution < -0.4 is 4.74 Å². The van der Waals surface area contributed by atoms with Crippen LogP contribution in [0.2, 0.25) is 0 Å². The molecule has 3 atom stereocenters. The quantitative estimate of drug-likeness (QED) is 0.0620. The Labute approximate surface area is 300 Å². The lowest BCUT2D eigenvalue weighted by Crippen LogP contribution is -2.44. The van der Waals surface area contributed by atoms with E-state index in [1.807, 2.05) is 25.1 Å². The van der Waals surface area contributed by atoms with Gasteiger partial charge in [0.25, 0.3) is 0 Å². The minimum atomic E-state index is -1.26. The molecule has 6 nitrogen and oxygen atoms in total. The van der Waals surface area contributed by atoms with Gasteiger partial charge in [-0.3, -0.25) is 0 Å². The van der Waals surface area contributed by atoms with Crippen molar-refractivity contribution in [3.8, 4) is 5.75 Å². The Hall–Kier alpha value is -3.00. The lowest BCUT2D eigenvalue weighted by atomic mass is 9.90. The molecule has 7 heteroatoms. The second kappa shape index (κ2) is 20.8. The highest BCUT2D eigenvalue weighted by molar-refractivity contribution is 5.90. The van der Waals surface area contributed by atoms with Crippen molar-refractivity contribution in [2.45, 2.75) is 142 Å². The largest absolute Gasteiger partial charge is 0.465 e. The number of carbonyl (C=O) groups is 1. The van der Waals surface area contributed by atoms with Crippen LogP contribution in [0.15, 0.2) is 66.8 Å². The Morgan fingerprint density at radius 1 is 0.880 bits per heavy atom. The zero-order valence-electron chi connectivity index (χ0n) is 31.1. The average molecular weight is 693 g/mol. The van der Waals surface area contributed by atoms with Crippen LogP contribution in [0.5, 0.6) is 5.75 Å². The predicted octanol–water partition coefficient (Wildman–Crippen LogP) is 11.4. The highest BCUT2D eigenvalue weighted by atomic mass is 19.1. The van der Waals surface area contributed by atoms with Crippen LogP contribution >= 0.6 is 0 Å². The molecule has 276 valence electrons. The summed E-state index contributed by atoms with van der Waals surface area (Å²) >= 11 is 0. The first-order valence-electron chi connectivity index (χ1n) is 19.3. The molecule has 1 aliphatic heterocycles. The summed E-state index contributed by atoms with van der Waals surface area (Å²) in [6.45, 7) is 10.6. The Bertz CT molecular complexity index is 1350. The number of ether oxygens (including phenoxy) is 5. The van der Waals surface area contributed by atoms with Gasteiger partial charge in [-0.1, -0.05) is 116 Å². The van der Waals surface area contributed by atoms with Crippen LogP contribution in [-0.2, 0) is 18.9 Å². The van der Waals surface area contributed by atoms with Gasteiger partial charge in [0.05, 0.1) is 31.5 Å². The first-order valence-corrected chi connectivity index (χ1v) is 19.3. The van der Waals surface area contributed by atoms with Crippen LogP contribution in [0, 0.1) is 11.2 Å². The molecule has 1 heterocycles. The molecule has 0 bridgehead atoms. The zero-order valence-corrected chi connectivity index (χ0v) is 31.1. The number of hydrogen-bond donors (Lipinski definition) is 0. The van der Waals surface area contributed by atoms with Crippen molar-refractivity contribution in [2.24, 2.45) is 5.41 Å². The lowest BCUT2D eigenvalue weighted by Gasteiger charge is -2.38. The minimum Gasteiger partial charge on any atom is -0.465 e. The molecule has 0 amide bonds.